The smallest absolute Gasteiger partial charge is 0.256 e. The molecule has 0 atom stereocenters. The molecule has 0 saturated heterocycles. The summed E-state index contributed by atoms with van der Waals surface area (Å²) in [7, 11) is 0. The highest BCUT2D eigenvalue weighted by Crippen LogP contribution is 2.17. The topological polar surface area (TPSA) is 68.0 Å². The van der Waals surface area contributed by atoms with Crippen LogP contribution in [0, 0.1) is 6.92 Å². The molecular weight excluding hydrogens is 250 g/mol. The molecule has 0 spiro atoms. The summed E-state index contributed by atoms with van der Waals surface area (Å²) < 4.78 is 0. The number of nitrogen functional groups attached to an aromatic ring is 1. The number of nitrogens with two attached hydrogens (primary N) is 1. The van der Waals surface area contributed by atoms with E-state index in [1.165, 1.54) is 5.56 Å². The fourth-order valence-electron chi connectivity index (χ4n) is 1.84. The van der Waals surface area contributed by atoms with Crippen LogP contribution in [0.2, 0.25) is 0 Å². The van der Waals surface area contributed by atoms with Crippen LogP contribution < -0.4 is 11.1 Å². The Balaban J connectivity index is 2.13. The zero-order valence-electron chi connectivity index (χ0n) is 12.0. The Kier molecular flexibility index (Phi) is 4.03. The van der Waals surface area contributed by atoms with Crippen LogP contribution in [0.15, 0.2) is 36.5 Å². The maximum atomic E-state index is 12.1. The van der Waals surface area contributed by atoms with Crippen molar-refractivity contribution in [2.45, 2.75) is 26.7 Å². The van der Waals surface area contributed by atoms with Gasteiger partial charge in [-0.25, -0.2) is 4.98 Å². The lowest BCUT2D eigenvalue weighted by Crippen LogP contribution is -2.13. The van der Waals surface area contributed by atoms with Crippen LogP contribution in [-0.2, 0) is 0 Å². The molecule has 0 fully saturated rings. The Morgan fingerprint density at radius 1 is 1.25 bits per heavy atom. The van der Waals surface area contributed by atoms with Gasteiger partial charge in [-0.05, 0) is 42.2 Å². The minimum atomic E-state index is -0.169. The fraction of sp³-hybridized carbons (Fsp3) is 0.250. The van der Waals surface area contributed by atoms with Crippen molar-refractivity contribution in [3.05, 3.63) is 53.2 Å². The summed E-state index contributed by atoms with van der Waals surface area (Å²) in [6.45, 7) is 6.12. The molecule has 4 nitrogen and oxygen atoms in total. The van der Waals surface area contributed by atoms with Gasteiger partial charge in [-0.2, -0.15) is 0 Å². The van der Waals surface area contributed by atoms with E-state index in [4.69, 9.17) is 5.73 Å². The Bertz CT molecular complexity index is 618. The van der Waals surface area contributed by atoms with Crippen LogP contribution >= 0.6 is 0 Å². The first kappa shape index (κ1) is 14.1. The third-order valence-corrected chi connectivity index (χ3v) is 3.23. The van der Waals surface area contributed by atoms with E-state index in [1.807, 2.05) is 31.2 Å². The molecule has 0 unspecified atom stereocenters. The van der Waals surface area contributed by atoms with Crippen molar-refractivity contribution in [1.29, 1.82) is 0 Å². The molecule has 0 aliphatic carbocycles. The highest BCUT2D eigenvalue weighted by atomic mass is 16.1. The molecule has 4 heteroatoms. The van der Waals surface area contributed by atoms with E-state index in [-0.39, 0.29) is 5.91 Å². The molecule has 0 radical (unpaired) electrons. The summed E-state index contributed by atoms with van der Waals surface area (Å²) in [6.07, 6.45) is 1.55. The lowest BCUT2D eigenvalue weighted by atomic mass is 10.0. The summed E-state index contributed by atoms with van der Waals surface area (Å²) in [5.41, 5.74) is 9.04. The normalized spacial score (nSPS) is 10.6. The summed E-state index contributed by atoms with van der Waals surface area (Å²) >= 11 is 0. The van der Waals surface area contributed by atoms with Crippen molar-refractivity contribution in [2.24, 2.45) is 0 Å². The van der Waals surface area contributed by atoms with Gasteiger partial charge in [0.1, 0.15) is 5.82 Å². The van der Waals surface area contributed by atoms with E-state index in [1.54, 1.807) is 12.3 Å². The van der Waals surface area contributed by atoms with Gasteiger partial charge in [0, 0.05) is 5.56 Å². The second kappa shape index (κ2) is 5.74. The third-order valence-electron chi connectivity index (χ3n) is 3.23. The highest BCUT2D eigenvalue weighted by molar-refractivity contribution is 6.03. The number of pyridine rings is 1. The molecular formula is C16H19N3O. The van der Waals surface area contributed by atoms with Gasteiger partial charge < -0.3 is 11.1 Å². The van der Waals surface area contributed by atoms with E-state index in [2.05, 4.69) is 24.1 Å². The first-order valence-corrected chi connectivity index (χ1v) is 6.61. The van der Waals surface area contributed by atoms with Gasteiger partial charge in [0.25, 0.3) is 5.91 Å². The Morgan fingerprint density at radius 3 is 2.45 bits per heavy atom. The van der Waals surface area contributed by atoms with Crippen molar-refractivity contribution in [2.75, 3.05) is 11.1 Å². The second-order valence-electron chi connectivity index (χ2n) is 5.16. The van der Waals surface area contributed by atoms with Crippen molar-refractivity contribution in [3.8, 4) is 0 Å². The summed E-state index contributed by atoms with van der Waals surface area (Å²) in [5.74, 6) is 0.792. The summed E-state index contributed by atoms with van der Waals surface area (Å²) in [4.78, 5) is 16.2. The SMILES string of the molecule is Cc1cc(NC(=O)c2ccc(C(C)C)cc2)ncc1N. The van der Waals surface area contributed by atoms with Crippen LogP contribution in [0.4, 0.5) is 11.5 Å². The quantitative estimate of drug-likeness (QED) is 0.897. The molecule has 104 valence electrons. The molecule has 0 aliphatic heterocycles. The number of aromatic nitrogens is 1. The number of hydrogen-bond acceptors (Lipinski definition) is 3. The van der Waals surface area contributed by atoms with Crippen LogP contribution in [0.5, 0.6) is 0 Å². The van der Waals surface area contributed by atoms with E-state index in [0.717, 1.165) is 5.56 Å². The standard InChI is InChI=1S/C16H19N3O/c1-10(2)12-4-6-13(7-5-12)16(20)19-15-8-11(3)14(17)9-18-15/h4-10H,17H2,1-3H3,(H,18,19,20). The monoisotopic (exact) mass is 269 g/mol. The lowest BCUT2D eigenvalue weighted by Gasteiger charge is -2.08. The molecule has 2 aromatic rings. The van der Waals surface area contributed by atoms with Crippen molar-refractivity contribution in [3.63, 3.8) is 0 Å². The number of amides is 1. The van der Waals surface area contributed by atoms with Crippen molar-refractivity contribution < 1.29 is 4.79 Å². The van der Waals surface area contributed by atoms with Crippen molar-refractivity contribution >= 4 is 17.4 Å². The predicted molar refractivity (Wildman–Crippen MR) is 81.9 cm³/mol. The van der Waals surface area contributed by atoms with Crippen LogP contribution in [0.3, 0.4) is 0 Å². The second-order valence-corrected chi connectivity index (χ2v) is 5.16. The average molecular weight is 269 g/mol. The third kappa shape index (κ3) is 3.15. The molecule has 1 heterocycles. The zero-order chi connectivity index (χ0) is 14.7. The Morgan fingerprint density at radius 2 is 1.90 bits per heavy atom. The van der Waals surface area contributed by atoms with Crippen LogP contribution in [0.25, 0.3) is 0 Å². The average Bonchev–Trinajstić information content (AvgIpc) is 2.43. The predicted octanol–water partition coefficient (Wildman–Crippen LogP) is 3.35. The molecule has 1 aromatic carbocycles. The minimum Gasteiger partial charge on any atom is -0.397 e. The van der Waals surface area contributed by atoms with E-state index >= 15 is 0 Å². The largest absolute Gasteiger partial charge is 0.397 e. The first-order valence-electron chi connectivity index (χ1n) is 6.61. The van der Waals surface area contributed by atoms with Gasteiger partial charge >= 0.3 is 0 Å². The molecule has 2 rings (SSSR count). The highest BCUT2D eigenvalue weighted by Gasteiger charge is 2.08. The summed E-state index contributed by atoms with van der Waals surface area (Å²) in [6, 6.07) is 9.36. The number of rotatable bonds is 3. The number of hydrogen-bond donors (Lipinski definition) is 2. The Labute approximate surface area is 119 Å². The maximum Gasteiger partial charge on any atom is 0.256 e. The number of anilines is 2. The van der Waals surface area contributed by atoms with Gasteiger partial charge in [0.15, 0.2) is 0 Å². The van der Waals surface area contributed by atoms with E-state index in [0.29, 0.717) is 23.0 Å². The van der Waals surface area contributed by atoms with Gasteiger partial charge in [-0.3, -0.25) is 4.79 Å². The number of aryl methyl sites for hydroxylation is 1. The van der Waals surface area contributed by atoms with Gasteiger partial charge in [-0.15, -0.1) is 0 Å². The van der Waals surface area contributed by atoms with Crippen LogP contribution in [0.1, 0.15) is 41.3 Å². The molecule has 20 heavy (non-hydrogen) atoms. The number of carbonyl (C=O) groups excluding carboxylic acids is 1. The Hall–Kier alpha value is -2.36. The van der Waals surface area contributed by atoms with E-state index < -0.39 is 0 Å². The summed E-state index contributed by atoms with van der Waals surface area (Å²) in [5, 5.41) is 2.77. The first-order chi connectivity index (χ1) is 9.47. The molecule has 3 N–H and O–H groups in total. The number of nitrogens with zero attached hydrogens (tertiary/aromatic N) is 1. The van der Waals surface area contributed by atoms with E-state index in [9.17, 15) is 4.79 Å². The number of benzene rings is 1. The number of carbonyl (C=O) groups is 1. The zero-order valence-corrected chi connectivity index (χ0v) is 12.0. The molecule has 1 aromatic heterocycles. The molecule has 1 amide bonds. The van der Waals surface area contributed by atoms with Crippen molar-refractivity contribution in [1.82, 2.24) is 4.98 Å². The van der Waals surface area contributed by atoms with Crippen LogP contribution in [-0.4, -0.2) is 10.9 Å². The van der Waals surface area contributed by atoms with Gasteiger partial charge in [0.05, 0.1) is 11.9 Å². The maximum absolute atomic E-state index is 12.1. The molecule has 0 bridgehead atoms. The molecule has 0 aliphatic rings. The minimum absolute atomic E-state index is 0.169. The lowest BCUT2D eigenvalue weighted by molar-refractivity contribution is 0.102. The van der Waals surface area contributed by atoms with Gasteiger partial charge in [0.2, 0.25) is 0 Å². The fourth-order valence-corrected chi connectivity index (χ4v) is 1.84. The number of nitrogens with one attached hydrogen (secondary N) is 1. The molecule has 0 saturated carbocycles. The van der Waals surface area contributed by atoms with Gasteiger partial charge in [-0.1, -0.05) is 26.0 Å².